The SMILES string of the molecule is CCC(C)CCCCCCCCCCCCCCCCCCCCC(=O)O[C@H](COC(=O)CCCCCCCCC(C)C)COP(=O)(O)OC[C@H](O)COP(=O)(O)OC[C@@H](COC(=O)CCCCCCCCCCCCCCCCCC(C)C)OC(=O)CCCCCCCCCCCCCCCCC(C)CC. The molecule has 19 heteroatoms. The summed E-state index contributed by atoms with van der Waals surface area (Å²) >= 11 is 0. The Kier molecular flexibility index (Phi) is 75.3. The van der Waals surface area contributed by atoms with Crippen LogP contribution < -0.4 is 0 Å². The maximum Gasteiger partial charge on any atom is 0.472 e. The van der Waals surface area contributed by atoms with E-state index in [-0.39, 0.29) is 25.7 Å². The number of ether oxygens (including phenoxy) is 4. The van der Waals surface area contributed by atoms with Gasteiger partial charge < -0.3 is 33.8 Å². The summed E-state index contributed by atoms with van der Waals surface area (Å²) in [5.74, 6) is 1.09. The molecule has 0 aromatic rings. The molecule has 3 N–H and O–H groups in total. The number of hydrogen-bond acceptors (Lipinski definition) is 15. The van der Waals surface area contributed by atoms with Crippen LogP contribution in [0.2, 0.25) is 0 Å². The van der Waals surface area contributed by atoms with E-state index in [1.807, 2.05) is 0 Å². The summed E-state index contributed by atoms with van der Waals surface area (Å²) in [6, 6.07) is 0. The first-order valence-electron chi connectivity index (χ1n) is 45.3. The number of unbranched alkanes of at least 4 members (excludes halogenated alkanes) is 49. The van der Waals surface area contributed by atoms with E-state index in [2.05, 4.69) is 55.4 Å². The summed E-state index contributed by atoms with van der Waals surface area (Å²) in [7, 11) is -9.93. The molecule has 0 spiro atoms. The molecule has 0 aliphatic carbocycles. The van der Waals surface area contributed by atoms with Crippen LogP contribution in [-0.2, 0) is 65.4 Å². The van der Waals surface area contributed by atoms with Crippen LogP contribution >= 0.6 is 15.6 Å². The number of carbonyl (C=O) groups is 4. The van der Waals surface area contributed by atoms with Crippen molar-refractivity contribution in [2.75, 3.05) is 39.6 Å². The van der Waals surface area contributed by atoms with Crippen molar-refractivity contribution in [3.8, 4) is 0 Å². The molecular weight excluding hydrogens is 1390 g/mol. The van der Waals surface area contributed by atoms with Gasteiger partial charge in [0, 0.05) is 25.7 Å². The summed E-state index contributed by atoms with van der Waals surface area (Å²) in [5.41, 5.74) is 0. The standard InChI is InChI=1S/C88H172O17P2/c1-9-80(7)66-58-50-41-35-29-23-17-13-11-12-14-18-26-32-38-44-54-62-71-88(93)105-84(75-99-86(91)69-61-53-47-46-49-57-65-79(5)6)77-103-107(96,97)101-73-82(89)72-100-106(94,95)102-76-83(104-87(92)70-63-55-45-39-33-27-21-20-24-30-36-42-51-59-67-81(8)10-2)74-98-85(90)68-60-52-43-37-31-25-19-15-16-22-28-34-40-48-56-64-78(3)4/h78-84,89H,9-77H2,1-8H3,(H,94,95)(H,96,97)/t80?,81?,82-,83-,84-/m1/s1. The lowest BCUT2D eigenvalue weighted by atomic mass is 9.99. The number of esters is 4. The van der Waals surface area contributed by atoms with E-state index in [0.29, 0.717) is 31.6 Å². The summed E-state index contributed by atoms with van der Waals surface area (Å²) in [6.07, 6.45) is 66.8. The molecule has 0 rings (SSSR count). The lowest BCUT2D eigenvalue weighted by molar-refractivity contribution is -0.161. The molecule has 0 amide bonds. The van der Waals surface area contributed by atoms with Gasteiger partial charge in [-0.05, 0) is 49.4 Å². The van der Waals surface area contributed by atoms with E-state index in [0.717, 1.165) is 114 Å². The van der Waals surface area contributed by atoms with Crippen molar-refractivity contribution >= 4 is 39.5 Å². The maximum absolute atomic E-state index is 13.1. The fraction of sp³-hybridized carbons (Fsp3) is 0.955. The van der Waals surface area contributed by atoms with Gasteiger partial charge in [-0.2, -0.15) is 0 Å². The van der Waals surface area contributed by atoms with Gasteiger partial charge in [-0.15, -0.1) is 0 Å². The smallest absolute Gasteiger partial charge is 0.462 e. The second-order valence-electron chi connectivity index (χ2n) is 33.1. The molecule has 7 atom stereocenters. The third-order valence-corrected chi connectivity index (χ3v) is 23.2. The van der Waals surface area contributed by atoms with Crippen LogP contribution in [0.15, 0.2) is 0 Å². The van der Waals surface area contributed by atoms with Crippen LogP contribution in [0.3, 0.4) is 0 Å². The molecule has 0 radical (unpaired) electrons. The third kappa shape index (κ3) is 79.1. The summed E-state index contributed by atoms with van der Waals surface area (Å²) in [4.78, 5) is 73.2. The molecule has 0 saturated heterocycles. The van der Waals surface area contributed by atoms with Gasteiger partial charge in [-0.3, -0.25) is 37.3 Å². The van der Waals surface area contributed by atoms with Crippen molar-refractivity contribution in [3.05, 3.63) is 0 Å². The Morgan fingerprint density at radius 3 is 0.664 bits per heavy atom. The van der Waals surface area contributed by atoms with Gasteiger partial charge in [0.2, 0.25) is 0 Å². The van der Waals surface area contributed by atoms with Crippen LogP contribution in [0.25, 0.3) is 0 Å². The normalized spacial score (nSPS) is 14.4. The lowest BCUT2D eigenvalue weighted by Gasteiger charge is -2.21. The second-order valence-corrected chi connectivity index (χ2v) is 36.0. The van der Waals surface area contributed by atoms with Crippen LogP contribution in [0, 0.1) is 23.7 Å². The number of rotatable bonds is 85. The van der Waals surface area contributed by atoms with Gasteiger partial charge in [-0.1, -0.05) is 409 Å². The molecular formula is C88H172O17P2. The highest BCUT2D eigenvalue weighted by atomic mass is 31.2. The van der Waals surface area contributed by atoms with Gasteiger partial charge in [0.15, 0.2) is 12.2 Å². The van der Waals surface area contributed by atoms with Gasteiger partial charge in [-0.25, -0.2) is 9.13 Å². The average molecular weight is 1560 g/mol. The van der Waals surface area contributed by atoms with E-state index >= 15 is 0 Å². The van der Waals surface area contributed by atoms with Gasteiger partial charge in [0.05, 0.1) is 26.4 Å². The summed E-state index contributed by atoms with van der Waals surface area (Å²) < 4.78 is 68.9. The minimum absolute atomic E-state index is 0.107. The fourth-order valence-electron chi connectivity index (χ4n) is 13.6. The van der Waals surface area contributed by atoms with Crippen LogP contribution in [-0.4, -0.2) is 96.7 Å². The van der Waals surface area contributed by atoms with Crippen LogP contribution in [0.5, 0.6) is 0 Å². The number of carbonyl (C=O) groups excluding carboxylic acids is 4. The van der Waals surface area contributed by atoms with Gasteiger partial charge in [0.25, 0.3) is 0 Å². The molecule has 0 aliphatic rings. The molecule has 0 saturated carbocycles. The molecule has 0 fully saturated rings. The Hall–Kier alpha value is -1.94. The largest absolute Gasteiger partial charge is 0.472 e. The van der Waals surface area contributed by atoms with Crippen molar-refractivity contribution in [3.63, 3.8) is 0 Å². The molecule has 636 valence electrons. The molecule has 0 aliphatic heterocycles. The van der Waals surface area contributed by atoms with E-state index in [4.69, 9.17) is 37.0 Å². The number of phosphoric ester groups is 2. The van der Waals surface area contributed by atoms with Crippen molar-refractivity contribution in [2.45, 2.75) is 478 Å². The molecule has 0 aromatic carbocycles. The van der Waals surface area contributed by atoms with Crippen molar-refractivity contribution in [1.29, 1.82) is 0 Å². The zero-order valence-corrected chi connectivity index (χ0v) is 72.6. The van der Waals surface area contributed by atoms with Gasteiger partial charge >= 0.3 is 39.5 Å². The Bertz CT molecular complexity index is 2080. The maximum atomic E-state index is 13.1. The highest BCUT2D eigenvalue weighted by Gasteiger charge is 2.31. The van der Waals surface area contributed by atoms with E-state index < -0.39 is 97.5 Å². The lowest BCUT2D eigenvalue weighted by Crippen LogP contribution is -2.30. The first-order valence-corrected chi connectivity index (χ1v) is 48.3. The quantitative estimate of drug-likeness (QED) is 0.0222. The molecule has 107 heavy (non-hydrogen) atoms. The number of aliphatic hydroxyl groups excluding tert-OH is 1. The van der Waals surface area contributed by atoms with E-state index in [9.17, 15) is 43.2 Å². The van der Waals surface area contributed by atoms with Crippen LogP contribution in [0.1, 0.15) is 460 Å². The van der Waals surface area contributed by atoms with Crippen molar-refractivity contribution < 1.29 is 80.2 Å². The number of hydrogen-bond donors (Lipinski definition) is 3. The Labute approximate surface area is 658 Å². The van der Waals surface area contributed by atoms with Crippen molar-refractivity contribution in [2.24, 2.45) is 23.7 Å². The van der Waals surface area contributed by atoms with E-state index in [1.54, 1.807) is 0 Å². The zero-order chi connectivity index (χ0) is 78.8. The Balaban J connectivity index is 5.19. The summed E-state index contributed by atoms with van der Waals surface area (Å²) in [6.45, 7) is 14.4. The van der Waals surface area contributed by atoms with Gasteiger partial charge in [0.1, 0.15) is 19.3 Å². The van der Waals surface area contributed by atoms with E-state index in [1.165, 1.54) is 257 Å². The molecule has 0 bridgehead atoms. The predicted octanol–water partition coefficient (Wildman–Crippen LogP) is 26.7. The topological polar surface area (TPSA) is 237 Å². The first kappa shape index (κ1) is 105. The third-order valence-electron chi connectivity index (χ3n) is 21.3. The van der Waals surface area contributed by atoms with Crippen LogP contribution in [0.4, 0.5) is 0 Å². The Morgan fingerprint density at radius 1 is 0.262 bits per heavy atom. The van der Waals surface area contributed by atoms with Crippen molar-refractivity contribution in [1.82, 2.24) is 0 Å². The second kappa shape index (κ2) is 76.7. The highest BCUT2D eigenvalue weighted by molar-refractivity contribution is 7.47. The first-order chi connectivity index (χ1) is 51.7. The average Bonchev–Trinajstić information content (AvgIpc) is 0.909. The number of phosphoric acid groups is 2. The summed E-state index contributed by atoms with van der Waals surface area (Å²) in [5, 5.41) is 10.7. The number of aliphatic hydroxyl groups is 1. The minimum atomic E-state index is -4.97. The Morgan fingerprint density at radius 2 is 0.449 bits per heavy atom. The molecule has 0 heterocycles. The zero-order valence-electron chi connectivity index (χ0n) is 70.8. The molecule has 17 nitrogen and oxygen atoms in total. The highest BCUT2D eigenvalue weighted by Crippen LogP contribution is 2.45. The minimum Gasteiger partial charge on any atom is -0.462 e. The monoisotopic (exact) mass is 1560 g/mol. The predicted molar refractivity (Wildman–Crippen MR) is 441 cm³/mol. The molecule has 0 aromatic heterocycles. The molecule has 4 unspecified atom stereocenters. The fourth-order valence-corrected chi connectivity index (χ4v) is 15.2.